The van der Waals surface area contributed by atoms with Gasteiger partial charge in [-0.25, -0.2) is 9.13 Å². The summed E-state index contributed by atoms with van der Waals surface area (Å²) in [6.45, 7) is 8.66. The molecule has 97 heavy (non-hydrogen) atoms. The van der Waals surface area contributed by atoms with Gasteiger partial charge in [-0.3, -0.25) is 33.0 Å². The molecule has 570 valence electrons. The van der Waals surface area contributed by atoms with E-state index < -0.39 is 157 Å². The fourth-order valence-corrected chi connectivity index (χ4v) is 13.5. The molecule has 27 heteroatoms. The summed E-state index contributed by atoms with van der Waals surface area (Å²) in [5.74, 6) is -3.80. The van der Waals surface area contributed by atoms with Crippen LogP contribution in [0.2, 0.25) is 0 Å². The Morgan fingerprint density at radius 2 is 0.784 bits per heavy atom. The maximum Gasteiger partial charge on any atom is 0.472 e. The molecular formula is C70H132N2O23P2. The molecule has 2 saturated heterocycles. The third kappa shape index (κ3) is 43.8. The van der Waals surface area contributed by atoms with Gasteiger partial charge < -0.3 is 79.1 Å². The van der Waals surface area contributed by atoms with Crippen molar-refractivity contribution in [1.82, 2.24) is 10.6 Å². The van der Waals surface area contributed by atoms with E-state index in [1.165, 1.54) is 12.8 Å². The number of amides is 2. The third-order valence-electron chi connectivity index (χ3n) is 18.1. The van der Waals surface area contributed by atoms with Crippen molar-refractivity contribution in [2.24, 2.45) is 0 Å². The second kappa shape index (κ2) is 54.9. The van der Waals surface area contributed by atoms with Gasteiger partial charge >= 0.3 is 33.6 Å². The van der Waals surface area contributed by atoms with E-state index in [0.29, 0.717) is 38.5 Å². The lowest BCUT2D eigenvalue weighted by atomic mass is 9.95. The van der Waals surface area contributed by atoms with Gasteiger partial charge in [0.25, 0.3) is 0 Å². The quantitative estimate of drug-likeness (QED) is 0.0117. The SMILES string of the molecule is CCCCCCCCCCCC(=O)OC(CCCCCCCCC)CC(=O)NC1C(OCC2OC(OP(=O)(O)O)C(NC(=O)CC(CCCCCCCCC)OC(=O)CCCCCCCCC)C(O)C2O)OC(CO)C(OP(=O)(O)O)C1OC(=O)CC(O)CCCCCCCCC. The van der Waals surface area contributed by atoms with E-state index in [0.717, 1.165) is 193 Å². The summed E-state index contributed by atoms with van der Waals surface area (Å²) >= 11 is 0. The number of phosphoric ester groups is 2. The molecule has 2 aliphatic heterocycles. The standard InChI is InChI=1S/C70H132N2O23P2/c1-6-11-16-21-26-27-32-37-42-47-61(78)90-55(45-40-35-30-24-19-14-9-4)50-59(76)72-64-68(93-62(79)48-53(74)43-38-33-28-22-17-12-7-2)67(94-96(82,83)84)56(51-73)91-69(64)88-52-57-65(80)66(81)63(70(92-57)95-97(85,86)87)71-58(75)49-54(44-39-34-29-23-18-13-8-3)89-60(77)46-41-36-31-25-20-15-10-5/h53-57,63-70,73-74,80-81H,6-52H2,1-5H3,(H,71,75)(H,72,76)(H2,82,83,84)(H2,85,86,87). The molecule has 13 atom stereocenters. The second-order valence-electron chi connectivity index (χ2n) is 27.1. The van der Waals surface area contributed by atoms with Gasteiger partial charge in [-0.2, -0.15) is 0 Å². The van der Waals surface area contributed by atoms with Gasteiger partial charge in [-0.1, -0.05) is 247 Å². The summed E-state index contributed by atoms with van der Waals surface area (Å²) in [6, 6.07) is -3.71. The number of aliphatic hydroxyl groups excluding tert-OH is 4. The van der Waals surface area contributed by atoms with Crippen LogP contribution in [0, 0.1) is 0 Å². The molecule has 2 heterocycles. The van der Waals surface area contributed by atoms with Gasteiger partial charge in [0.2, 0.25) is 11.8 Å². The van der Waals surface area contributed by atoms with E-state index in [4.69, 9.17) is 37.5 Å². The van der Waals surface area contributed by atoms with E-state index in [1.54, 1.807) is 0 Å². The van der Waals surface area contributed by atoms with Crippen LogP contribution in [-0.2, 0) is 70.6 Å². The van der Waals surface area contributed by atoms with Gasteiger partial charge in [-0.05, 0) is 44.9 Å². The number of rotatable bonds is 61. The van der Waals surface area contributed by atoms with Crippen LogP contribution in [-0.4, -0.2) is 163 Å². The molecule has 25 nitrogen and oxygen atoms in total. The Balaban J connectivity index is 2.55. The lowest BCUT2D eigenvalue weighted by Crippen LogP contribution is -2.67. The second-order valence-corrected chi connectivity index (χ2v) is 29.4. The normalized spacial score (nSPS) is 22.4. The lowest BCUT2D eigenvalue weighted by Gasteiger charge is -2.46. The van der Waals surface area contributed by atoms with Crippen molar-refractivity contribution in [3.05, 3.63) is 0 Å². The predicted molar refractivity (Wildman–Crippen MR) is 368 cm³/mol. The molecule has 0 aromatic carbocycles. The molecule has 0 aromatic rings. The van der Waals surface area contributed by atoms with Crippen LogP contribution < -0.4 is 10.6 Å². The first-order valence-electron chi connectivity index (χ1n) is 37.7. The molecule has 0 aromatic heterocycles. The summed E-state index contributed by atoms with van der Waals surface area (Å²) in [5, 5.41) is 50.4. The van der Waals surface area contributed by atoms with Gasteiger partial charge in [-0.15, -0.1) is 0 Å². The summed E-state index contributed by atoms with van der Waals surface area (Å²) in [4.78, 5) is 110. The first kappa shape index (κ1) is 90.4. The highest BCUT2D eigenvalue weighted by Crippen LogP contribution is 2.44. The third-order valence-corrected chi connectivity index (χ3v) is 19.1. The maximum absolute atomic E-state index is 14.6. The monoisotopic (exact) mass is 1430 g/mol. The minimum Gasteiger partial charge on any atom is -0.462 e. The minimum absolute atomic E-state index is 0.109. The van der Waals surface area contributed by atoms with Gasteiger partial charge in [0, 0.05) is 12.8 Å². The summed E-state index contributed by atoms with van der Waals surface area (Å²) < 4.78 is 71.2. The summed E-state index contributed by atoms with van der Waals surface area (Å²) in [5.41, 5.74) is 0. The highest BCUT2D eigenvalue weighted by atomic mass is 31.2. The van der Waals surface area contributed by atoms with Crippen molar-refractivity contribution < 1.29 is 111 Å². The average molecular weight is 1430 g/mol. The first-order chi connectivity index (χ1) is 46.5. The molecule has 0 bridgehead atoms. The number of esters is 3. The molecule has 10 N–H and O–H groups in total. The zero-order chi connectivity index (χ0) is 71.7. The van der Waals surface area contributed by atoms with Crippen molar-refractivity contribution in [2.75, 3.05) is 13.2 Å². The minimum atomic E-state index is -5.57. The van der Waals surface area contributed by atoms with E-state index in [-0.39, 0.29) is 25.7 Å². The maximum atomic E-state index is 14.6. The molecule has 2 fully saturated rings. The molecule has 0 spiro atoms. The van der Waals surface area contributed by atoms with E-state index in [1.807, 2.05) is 0 Å². The average Bonchev–Trinajstić information content (AvgIpc) is 0.786. The van der Waals surface area contributed by atoms with Gasteiger partial charge in [0.1, 0.15) is 54.8 Å². The zero-order valence-electron chi connectivity index (χ0n) is 59.8. The number of nitrogens with one attached hydrogen (secondary N) is 2. The topological polar surface area (TPSA) is 379 Å². The molecular weight excluding hydrogens is 1300 g/mol. The number of hydrogen-bond donors (Lipinski definition) is 10. The van der Waals surface area contributed by atoms with Gasteiger partial charge in [0.15, 0.2) is 18.7 Å². The molecule has 2 amide bonds. The van der Waals surface area contributed by atoms with Crippen LogP contribution in [0.25, 0.3) is 0 Å². The Morgan fingerprint density at radius 1 is 0.423 bits per heavy atom. The molecule has 0 radical (unpaired) electrons. The molecule has 2 aliphatic rings. The van der Waals surface area contributed by atoms with Crippen molar-refractivity contribution in [2.45, 2.75) is 403 Å². The number of carbonyl (C=O) groups is 5. The molecule has 13 unspecified atom stereocenters. The highest BCUT2D eigenvalue weighted by molar-refractivity contribution is 7.46. The predicted octanol–water partition coefficient (Wildman–Crippen LogP) is 12.5. The Labute approximate surface area is 580 Å². The Kier molecular flexibility index (Phi) is 51.2. The van der Waals surface area contributed by atoms with Crippen molar-refractivity contribution in [3.8, 4) is 0 Å². The van der Waals surface area contributed by atoms with Crippen LogP contribution in [0.1, 0.15) is 324 Å². The summed E-state index contributed by atoms with van der Waals surface area (Å²) in [6.07, 6.45) is 16.1. The van der Waals surface area contributed by atoms with E-state index in [9.17, 15) is 73.1 Å². The van der Waals surface area contributed by atoms with E-state index in [2.05, 4.69) is 45.3 Å². The van der Waals surface area contributed by atoms with Crippen LogP contribution in [0.3, 0.4) is 0 Å². The smallest absolute Gasteiger partial charge is 0.462 e. The van der Waals surface area contributed by atoms with Crippen LogP contribution in [0.4, 0.5) is 0 Å². The Bertz CT molecular complexity index is 2160. The number of hydrogen-bond acceptors (Lipinski definition) is 19. The number of phosphoric acid groups is 2. The molecule has 0 saturated carbocycles. The van der Waals surface area contributed by atoms with Crippen LogP contribution in [0.5, 0.6) is 0 Å². The largest absolute Gasteiger partial charge is 0.472 e. The number of ether oxygens (including phenoxy) is 6. The van der Waals surface area contributed by atoms with Crippen molar-refractivity contribution in [1.29, 1.82) is 0 Å². The first-order valence-corrected chi connectivity index (χ1v) is 40.8. The molecule has 2 rings (SSSR count). The van der Waals surface area contributed by atoms with Crippen LogP contribution >= 0.6 is 15.6 Å². The van der Waals surface area contributed by atoms with Crippen molar-refractivity contribution in [3.63, 3.8) is 0 Å². The lowest BCUT2D eigenvalue weighted by molar-refractivity contribution is -0.296. The van der Waals surface area contributed by atoms with Crippen LogP contribution in [0.15, 0.2) is 0 Å². The van der Waals surface area contributed by atoms with Crippen molar-refractivity contribution >= 4 is 45.4 Å². The Hall–Kier alpha value is -2.71. The number of aliphatic hydroxyl groups is 4. The highest BCUT2D eigenvalue weighted by Gasteiger charge is 2.54. The molecule has 0 aliphatic carbocycles. The fourth-order valence-electron chi connectivity index (χ4n) is 12.5. The zero-order valence-corrected chi connectivity index (χ0v) is 61.6. The summed E-state index contributed by atoms with van der Waals surface area (Å²) in [7, 11) is -11.1. The fraction of sp³-hybridized carbons (Fsp3) is 0.929. The number of unbranched alkanes of at least 4 members (excludes halogenated alkanes) is 32. The van der Waals surface area contributed by atoms with E-state index >= 15 is 0 Å². The Morgan fingerprint density at radius 3 is 1.18 bits per heavy atom. The van der Waals surface area contributed by atoms with Gasteiger partial charge in [0.05, 0.1) is 38.6 Å². The number of carbonyl (C=O) groups excluding carboxylic acids is 5.